The molecular formula is C13H20N4O3. The fourth-order valence-corrected chi connectivity index (χ4v) is 2.48. The molecule has 0 atom stereocenters. The van der Waals surface area contributed by atoms with E-state index in [-0.39, 0.29) is 36.4 Å². The van der Waals surface area contributed by atoms with Crippen molar-refractivity contribution >= 4 is 5.91 Å². The van der Waals surface area contributed by atoms with Crippen molar-refractivity contribution in [3.63, 3.8) is 0 Å². The Kier molecular flexibility index (Phi) is 4.86. The number of aliphatic hydroxyl groups is 1. The molecule has 1 aliphatic rings. The quantitative estimate of drug-likeness (QED) is 0.761. The number of rotatable bonds is 4. The van der Waals surface area contributed by atoms with Crippen LogP contribution in [0.4, 0.5) is 0 Å². The van der Waals surface area contributed by atoms with Crippen molar-refractivity contribution < 1.29 is 9.90 Å². The molecule has 110 valence electrons. The first kappa shape index (κ1) is 14.7. The molecule has 1 amide bonds. The molecule has 0 aliphatic carbocycles. The summed E-state index contributed by atoms with van der Waals surface area (Å²) < 4.78 is 0. The van der Waals surface area contributed by atoms with Crippen LogP contribution in [0, 0.1) is 0 Å². The number of aromatic nitrogens is 2. The van der Waals surface area contributed by atoms with Gasteiger partial charge in [0.2, 0.25) is 0 Å². The number of nitrogens with zero attached hydrogens (tertiary/aromatic N) is 3. The summed E-state index contributed by atoms with van der Waals surface area (Å²) in [4.78, 5) is 27.3. The van der Waals surface area contributed by atoms with Gasteiger partial charge in [-0.25, -0.2) is 5.10 Å². The maximum absolute atomic E-state index is 12.4. The zero-order valence-electron chi connectivity index (χ0n) is 11.6. The van der Waals surface area contributed by atoms with E-state index >= 15 is 0 Å². The van der Waals surface area contributed by atoms with E-state index < -0.39 is 0 Å². The van der Waals surface area contributed by atoms with Crippen LogP contribution >= 0.6 is 0 Å². The first-order valence-corrected chi connectivity index (χ1v) is 6.78. The molecule has 1 saturated heterocycles. The van der Waals surface area contributed by atoms with Crippen LogP contribution in [0.25, 0.3) is 0 Å². The number of piperidine rings is 1. The minimum absolute atomic E-state index is 0.0819. The van der Waals surface area contributed by atoms with E-state index in [0.29, 0.717) is 0 Å². The Morgan fingerprint density at radius 1 is 1.50 bits per heavy atom. The maximum atomic E-state index is 12.4. The van der Waals surface area contributed by atoms with Crippen molar-refractivity contribution in [2.24, 2.45) is 0 Å². The molecule has 0 unspecified atom stereocenters. The highest BCUT2D eigenvalue weighted by atomic mass is 16.3. The number of hydrogen-bond acceptors (Lipinski definition) is 5. The molecule has 7 heteroatoms. The molecule has 0 spiro atoms. The highest BCUT2D eigenvalue weighted by molar-refractivity contribution is 5.92. The minimum Gasteiger partial charge on any atom is -0.395 e. The van der Waals surface area contributed by atoms with Gasteiger partial charge in [-0.2, -0.15) is 5.10 Å². The average Bonchev–Trinajstić information content (AvgIpc) is 2.46. The summed E-state index contributed by atoms with van der Waals surface area (Å²) >= 11 is 0. The lowest BCUT2D eigenvalue weighted by Crippen LogP contribution is -2.48. The normalized spacial score (nSPS) is 17.1. The molecule has 1 aliphatic heterocycles. The Balaban J connectivity index is 2.13. The van der Waals surface area contributed by atoms with Gasteiger partial charge in [-0.05, 0) is 39.0 Å². The Hall–Kier alpha value is -1.73. The van der Waals surface area contributed by atoms with E-state index in [1.54, 1.807) is 4.90 Å². The number of carbonyl (C=O) groups is 1. The molecule has 2 N–H and O–H groups in total. The first-order chi connectivity index (χ1) is 9.61. The van der Waals surface area contributed by atoms with Crippen molar-refractivity contribution in [3.05, 3.63) is 28.2 Å². The van der Waals surface area contributed by atoms with Crippen LogP contribution in [-0.4, -0.2) is 70.3 Å². The third-order valence-corrected chi connectivity index (χ3v) is 3.63. The molecule has 20 heavy (non-hydrogen) atoms. The summed E-state index contributed by atoms with van der Waals surface area (Å²) in [5.41, 5.74) is -0.133. The molecular weight excluding hydrogens is 260 g/mol. The molecule has 0 bridgehead atoms. The summed E-state index contributed by atoms with van der Waals surface area (Å²) in [6.45, 7) is 2.06. The Labute approximate surface area is 117 Å². The smallest absolute Gasteiger partial charge is 0.274 e. The van der Waals surface area contributed by atoms with E-state index in [1.807, 2.05) is 0 Å². The zero-order chi connectivity index (χ0) is 14.5. The Morgan fingerprint density at radius 3 is 2.75 bits per heavy atom. The van der Waals surface area contributed by atoms with Crippen molar-refractivity contribution in [2.75, 3.05) is 33.3 Å². The van der Waals surface area contributed by atoms with E-state index in [9.17, 15) is 14.7 Å². The van der Waals surface area contributed by atoms with Gasteiger partial charge in [0.25, 0.3) is 11.5 Å². The maximum Gasteiger partial charge on any atom is 0.274 e. The van der Waals surface area contributed by atoms with Gasteiger partial charge >= 0.3 is 0 Å². The van der Waals surface area contributed by atoms with Crippen LogP contribution in [0.3, 0.4) is 0 Å². The highest BCUT2D eigenvalue weighted by Crippen LogP contribution is 2.17. The lowest BCUT2D eigenvalue weighted by molar-refractivity contribution is 0.0533. The Bertz CT molecular complexity index is 488. The second kappa shape index (κ2) is 6.62. The Morgan fingerprint density at radius 2 is 2.20 bits per heavy atom. The lowest BCUT2D eigenvalue weighted by Gasteiger charge is -2.36. The third kappa shape index (κ3) is 3.43. The van der Waals surface area contributed by atoms with E-state index in [1.165, 1.54) is 12.1 Å². The molecule has 0 saturated carbocycles. The lowest BCUT2D eigenvalue weighted by atomic mass is 10.0. The summed E-state index contributed by atoms with van der Waals surface area (Å²) in [5.74, 6) is -0.246. The molecule has 1 aromatic rings. The van der Waals surface area contributed by atoms with Crippen LogP contribution in [0.1, 0.15) is 23.3 Å². The SMILES string of the molecule is CN1CCC(N(CCO)C(=O)c2ccc(=O)[nH]n2)CC1. The van der Waals surface area contributed by atoms with Crippen LogP contribution in [0.5, 0.6) is 0 Å². The van der Waals surface area contributed by atoms with Gasteiger partial charge in [0.05, 0.1) is 6.61 Å². The second-order valence-corrected chi connectivity index (χ2v) is 5.06. The van der Waals surface area contributed by atoms with Crippen molar-refractivity contribution in [1.29, 1.82) is 0 Å². The highest BCUT2D eigenvalue weighted by Gasteiger charge is 2.27. The molecule has 1 fully saturated rings. The number of amides is 1. The predicted molar refractivity (Wildman–Crippen MR) is 73.5 cm³/mol. The zero-order valence-corrected chi connectivity index (χ0v) is 11.6. The van der Waals surface area contributed by atoms with E-state index in [2.05, 4.69) is 22.1 Å². The van der Waals surface area contributed by atoms with Crippen LogP contribution < -0.4 is 5.56 Å². The fourth-order valence-electron chi connectivity index (χ4n) is 2.48. The molecule has 2 rings (SSSR count). The van der Waals surface area contributed by atoms with Gasteiger partial charge in [-0.15, -0.1) is 0 Å². The number of H-pyrrole nitrogens is 1. The van der Waals surface area contributed by atoms with E-state index in [0.717, 1.165) is 25.9 Å². The third-order valence-electron chi connectivity index (χ3n) is 3.63. The fraction of sp³-hybridized carbons (Fsp3) is 0.615. The molecule has 0 radical (unpaired) electrons. The molecule has 1 aromatic heterocycles. The van der Waals surface area contributed by atoms with Gasteiger partial charge in [-0.3, -0.25) is 9.59 Å². The molecule has 7 nitrogen and oxygen atoms in total. The number of likely N-dealkylation sites (tertiary alicyclic amines) is 1. The van der Waals surface area contributed by atoms with Crippen LogP contribution in [-0.2, 0) is 0 Å². The van der Waals surface area contributed by atoms with Crippen molar-refractivity contribution in [2.45, 2.75) is 18.9 Å². The topological polar surface area (TPSA) is 89.5 Å². The van der Waals surface area contributed by atoms with Crippen molar-refractivity contribution in [3.8, 4) is 0 Å². The largest absolute Gasteiger partial charge is 0.395 e. The second-order valence-electron chi connectivity index (χ2n) is 5.06. The van der Waals surface area contributed by atoms with E-state index in [4.69, 9.17) is 0 Å². The summed E-state index contributed by atoms with van der Waals surface area (Å²) in [6, 6.07) is 2.81. The van der Waals surface area contributed by atoms with Gasteiger partial charge in [0.1, 0.15) is 5.69 Å². The number of aromatic amines is 1. The van der Waals surface area contributed by atoms with Gasteiger partial charge in [0.15, 0.2) is 0 Å². The number of aliphatic hydroxyl groups excluding tert-OH is 1. The predicted octanol–water partition coefficient (Wildman–Crippen LogP) is -0.701. The monoisotopic (exact) mass is 280 g/mol. The van der Waals surface area contributed by atoms with Gasteiger partial charge in [-0.1, -0.05) is 0 Å². The minimum atomic E-state index is -0.338. The summed E-state index contributed by atoms with van der Waals surface area (Å²) in [6.07, 6.45) is 1.76. The van der Waals surface area contributed by atoms with Gasteiger partial charge in [0, 0.05) is 18.7 Å². The number of hydrogen-bond donors (Lipinski definition) is 2. The molecule has 0 aromatic carbocycles. The summed E-state index contributed by atoms with van der Waals surface area (Å²) in [5, 5.41) is 15.2. The average molecular weight is 280 g/mol. The van der Waals surface area contributed by atoms with Gasteiger partial charge < -0.3 is 14.9 Å². The number of carbonyl (C=O) groups excluding carboxylic acids is 1. The van der Waals surface area contributed by atoms with Crippen LogP contribution in [0.15, 0.2) is 16.9 Å². The summed E-state index contributed by atoms with van der Waals surface area (Å²) in [7, 11) is 2.05. The van der Waals surface area contributed by atoms with Crippen molar-refractivity contribution in [1.82, 2.24) is 20.0 Å². The number of nitrogens with one attached hydrogen (secondary N) is 1. The molecule has 2 heterocycles. The standard InChI is InChI=1S/C13H20N4O3/c1-16-6-4-10(5-7-16)17(8-9-18)13(20)11-2-3-12(19)15-14-11/h2-3,10,18H,4-9H2,1H3,(H,15,19). The van der Waals surface area contributed by atoms with Crippen LogP contribution in [0.2, 0.25) is 0 Å². The first-order valence-electron chi connectivity index (χ1n) is 6.78.